The molecule has 1 fully saturated rings. The molecule has 1 aliphatic heterocycles. The highest BCUT2D eigenvalue weighted by Gasteiger charge is 2.36. The van der Waals surface area contributed by atoms with Crippen LogP contribution in [0.25, 0.3) is 0 Å². The standard InChI is InChI=1S/C8H15NO2/c1-6-4-5-9(6)7(10)8(2,3)11/h6,11H,4-5H2,1-3H3. The Hall–Kier alpha value is -0.570. The van der Waals surface area contributed by atoms with Gasteiger partial charge in [-0.2, -0.15) is 0 Å². The maximum atomic E-state index is 11.3. The van der Waals surface area contributed by atoms with Crippen LogP contribution in [-0.2, 0) is 4.79 Å². The average molecular weight is 157 g/mol. The summed E-state index contributed by atoms with van der Waals surface area (Å²) in [6, 6.07) is 0.314. The van der Waals surface area contributed by atoms with E-state index >= 15 is 0 Å². The maximum Gasteiger partial charge on any atom is 0.254 e. The Bertz CT molecular complexity index is 171. The minimum atomic E-state index is -1.20. The molecule has 64 valence electrons. The highest BCUT2D eigenvalue weighted by molar-refractivity contribution is 5.84. The lowest BCUT2D eigenvalue weighted by molar-refractivity contribution is -0.155. The van der Waals surface area contributed by atoms with Gasteiger partial charge in [0.05, 0.1) is 0 Å². The highest BCUT2D eigenvalue weighted by atomic mass is 16.3. The molecule has 1 saturated heterocycles. The molecule has 1 heterocycles. The molecule has 0 aromatic heterocycles. The minimum Gasteiger partial charge on any atom is -0.381 e. The van der Waals surface area contributed by atoms with Gasteiger partial charge in [0.1, 0.15) is 5.60 Å². The van der Waals surface area contributed by atoms with Crippen molar-refractivity contribution >= 4 is 5.91 Å². The van der Waals surface area contributed by atoms with Gasteiger partial charge in [-0.25, -0.2) is 0 Å². The highest BCUT2D eigenvalue weighted by Crippen LogP contribution is 2.20. The van der Waals surface area contributed by atoms with Crippen LogP contribution in [-0.4, -0.2) is 34.1 Å². The van der Waals surface area contributed by atoms with Gasteiger partial charge < -0.3 is 10.0 Å². The first-order valence-corrected chi connectivity index (χ1v) is 3.96. The van der Waals surface area contributed by atoms with Crippen molar-refractivity contribution in [2.45, 2.75) is 38.8 Å². The van der Waals surface area contributed by atoms with Crippen LogP contribution in [0.15, 0.2) is 0 Å². The van der Waals surface area contributed by atoms with E-state index in [0.717, 1.165) is 13.0 Å². The molecule has 3 nitrogen and oxygen atoms in total. The molecule has 1 amide bonds. The summed E-state index contributed by atoms with van der Waals surface area (Å²) in [5.41, 5.74) is -1.20. The quantitative estimate of drug-likeness (QED) is 0.597. The fourth-order valence-corrected chi connectivity index (χ4v) is 1.17. The van der Waals surface area contributed by atoms with Crippen molar-refractivity contribution in [3.8, 4) is 0 Å². The van der Waals surface area contributed by atoms with Crippen LogP contribution in [0.4, 0.5) is 0 Å². The van der Waals surface area contributed by atoms with E-state index in [9.17, 15) is 9.90 Å². The predicted molar refractivity (Wildman–Crippen MR) is 42.1 cm³/mol. The third kappa shape index (κ3) is 1.53. The first-order chi connectivity index (χ1) is 4.93. The number of aliphatic hydroxyl groups is 1. The second kappa shape index (κ2) is 2.48. The van der Waals surface area contributed by atoms with E-state index in [0.29, 0.717) is 6.04 Å². The Balaban J connectivity index is 2.55. The van der Waals surface area contributed by atoms with Crippen molar-refractivity contribution in [2.75, 3.05) is 6.54 Å². The number of hydrogen-bond acceptors (Lipinski definition) is 2. The number of amides is 1. The molecular formula is C8H15NO2. The first kappa shape index (κ1) is 8.53. The van der Waals surface area contributed by atoms with Gasteiger partial charge in [-0.3, -0.25) is 4.79 Å². The molecule has 0 saturated carbocycles. The zero-order chi connectivity index (χ0) is 8.65. The molecule has 3 heteroatoms. The van der Waals surface area contributed by atoms with Crippen molar-refractivity contribution in [3.63, 3.8) is 0 Å². The normalized spacial score (nSPS) is 24.7. The number of nitrogens with zero attached hydrogens (tertiary/aromatic N) is 1. The Labute approximate surface area is 67.0 Å². The average Bonchev–Trinajstić information content (AvgIpc) is 1.83. The van der Waals surface area contributed by atoms with Crippen LogP contribution in [0.3, 0.4) is 0 Å². The predicted octanol–water partition coefficient (Wildman–Crippen LogP) is 0.378. The van der Waals surface area contributed by atoms with E-state index < -0.39 is 5.60 Å². The lowest BCUT2D eigenvalue weighted by atomic mass is 10.00. The summed E-state index contributed by atoms with van der Waals surface area (Å²) in [6.45, 7) is 5.85. The van der Waals surface area contributed by atoms with Gasteiger partial charge in [0, 0.05) is 12.6 Å². The van der Waals surface area contributed by atoms with E-state index in [1.807, 2.05) is 6.92 Å². The van der Waals surface area contributed by atoms with Crippen LogP contribution >= 0.6 is 0 Å². The minimum absolute atomic E-state index is 0.156. The van der Waals surface area contributed by atoms with E-state index in [2.05, 4.69) is 0 Å². The summed E-state index contributed by atoms with van der Waals surface area (Å²) in [7, 11) is 0. The Morgan fingerprint density at radius 3 is 2.27 bits per heavy atom. The van der Waals surface area contributed by atoms with Gasteiger partial charge in [0.2, 0.25) is 0 Å². The summed E-state index contributed by atoms with van der Waals surface area (Å²) >= 11 is 0. The van der Waals surface area contributed by atoms with Crippen LogP contribution in [0, 0.1) is 0 Å². The fourth-order valence-electron chi connectivity index (χ4n) is 1.17. The molecule has 0 aromatic rings. The largest absolute Gasteiger partial charge is 0.381 e. The lowest BCUT2D eigenvalue weighted by Crippen LogP contribution is -2.56. The van der Waals surface area contributed by atoms with E-state index in [-0.39, 0.29) is 5.91 Å². The number of likely N-dealkylation sites (tertiary alicyclic amines) is 1. The number of hydrogen-bond donors (Lipinski definition) is 1. The van der Waals surface area contributed by atoms with Gasteiger partial charge in [0.15, 0.2) is 0 Å². The second-order valence-electron chi connectivity index (χ2n) is 3.70. The van der Waals surface area contributed by atoms with E-state index in [1.54, 1.807) is 4.90 Å². The molecule has 0 aliphatic carbocycles. The second-order valence-corrected chi connectivity index (χ2v) is 3.70. The zero-order valence-electron chi connectivity index (χ0n) is 7.29. The smallest absolute Gasteiger partial charge is 0.254 e. The van der Waals surface area contributed by atoms with Crippen LogP contribution in [0.1, 0.15) is 27.2 Å². The van der Waals surface area contributed by atoms with Crippen molar-refractivity contribution in [2.24, 2.45) is 0 Å². The van der Waals surface area contributed by atoms with Crippen molar-refractivity contribution in [3.05, 3.63) is 0 Å². The van der Waals surface area contributed by atoms with Gasteiger partial charge in [0.25, 0.3) is 5.91 Å². The van der Waals surface area contributed by atoms with Crippen molar-refractivity contribution < 1.29 is 9.90 Å². The molecule has 1 unspecified atom stereocenters. The number of carbonyl (C=O) groups is 1. The summed E-state index contributed by atoms with van der Waals surface area (Å²) < 4.78 is 0. The first-order valence-electron chi connectivity index (χ1n) is 3.96. The monoisotopic (exact) mass is 157 g/mol. The number of rotatable bonds is 1. The molecule has 1 aliphatic rings. The van der Waals surface area contributed by atoms with Crippen LogP contribution < -0.4 is 0 Å². The van der Waals surface area contributed by atoms with Gasteiger partial charge in [-0.15, -0.1) is 0 Å². The Morgan fingerprint density at radius 2 is 2.18 bits per heavy atom. The molecular weight excluding hydrogens is 142 g/mol. The molecule has 11 heavy (non-hydrogen) atoms. The van der Waals surface area contributed by atoms with E-state index in [1.165, 1.54) is 13.8 Å². The zero-order valence-corrected chi connectivity index (χ0v) is 7.29. The molecule has 0 aromatic carbocycles. The summed E-state index contributed by atoms with van der Waals surface area (Å²) in [5.74, 6) is -0.156. The summed E-state index contributed by atoms with van der Waals surface area (Å²) in [6.07, 6.45) is 1.06. The molecule has 1 atom stereocenters. The molecule has 0 bridgehead atoms. The Kier molecular flexibility index (Phi) is 1.92. The van der Waals surface area contributed by atoms with Gasteiger partial charge in [-0.1, -0.05) is 0 Å². The van der Waals surface area contributed by atoms with E-state index in [4.69, 9.17) is 0 Å². The third-order valence-electron chi connectivity index (χ3n) is 2.10. The third-order valence-corrected chi connectivity index (χ3v) is 2.10. The van der Waals surface area contributed by atoms with Crippen molar-refractivity contribution in [1.29, 1.82) is 0 Å². The number of carbonyl (C=O) groups excluding carboxylic acids is 1. The van der Waals surface area contributed by atoms with Crippen LogP contribution in [0.2, 0.25) is 0 Å². The molecule has 0 spiro atoms. The summed E-state index contributed by atoms with van der Waals surface area (Å²) in [5, 5.41) is 9.35. The van der Waals surface area contributed by atoms with Crippen LogP contribution in [0.5, 0.6) is 0 Å². The van der Waals surface area contributed by atoms with Gasteiger partial charge >= 0.3 is 0 Å². The van der Waals surface area contributed by atoms with Crippen molar-refractivity contribution in [1.82, 2.24) is 4.90 Å². The summed E-state index contributed by atoms with van der Waals surface area (Å²) in [4.78, 5) is 13.0. The lowest BCUT2D eigenvalue weighted by Gasteiger charge is -2.41. The fraction of sp³-hybridized carbons (Fsp3) is 0.875. The molecule has 1 N–H and O–H groups in total. The molecule has 0 radical (unpaired) electrons. The maximum absolute atomic E-state index is 11.3. The topological polar surface area (TPSA) is 40.5 Å². The Morgan fingerprint density at radius 1 is 1.64 bits per heavy atom. The SMILES string of the molecule is CC1CCN1C(=O)C(C)(C)O. The molecule has 1 rings (SSSR count). The van der Waals surface area contributed by atoms with Gasteiger partial charge in [-0.05, 0) is 27.2 Å².